The Kier molecular flexibility index (Phi) is 7.44. The minimum atomic E-state index is -6.15. The summed E-state index contributed by atoms with van der Waals surface area (Å²) >= 11 is 0. The number of carbonyl (C=O) groups excluding carboxylic acids is 2. The third-order valence-corrected chi connectivity index (χ3v) is 2.16. The van der Waals surface area contributed by atoms with Crippen molar-refractivity contribution >= 4 is 11.9 Å². The van der Waals surface area contributed by atoms with Crippen LogP contribution in [0.15, 0.2) is 12.2 Å². The van der Waals surface area contributed by atoms with Crippen LogP contribution in [0.3, 0.4) is 0 Å². The quantitative estimate of drug-likeness (QED) is 0.380. The highest BCUT2D eigenvalue weighted by molar-refractivity contribution is 5.91. The Morgan fingerprint density at radius 3 is 1.87 bits per heavy atom. The molecule has 12 heteroatoms. The molecule has 0 heterocycles. The van der Waals surface area contributed by atoms with Crippen molar-refractivity contribution in [2.75, 3.05) is 6.61 Å². The molecule has 0 bridgehead atoms. The molecule has 0 radical (unpaired) electrons. The molecule has 0 rings (SSSR count). The molecule has 2 unspecified atom stereocenters. The van der Waals surface area contributed by atoms with Crippen LogP contribution in [-0.2, 0) is 19.1 Å². The fourth-order valence-corrected chi connectivity index (χ4v) is 1.04. The highest BCUT2D eigenvalue weighted by Gasteiger charge is 2.70. The van der Waals surface area contributed by atoms with Gasteiger partial charge in [-0.3, -0.25) is 0 Å². The summed E-state index contributed by atoms with van der Waals surface area (Å²) in [6.45, 7) is 1.25. The fourth-order valence-electron chi connectivity index (χ4n) is 1.04. The standard InChI is InChI=1S/C11H10F8O4/c1-2-22-5(20)3-4-6(21)23-9(15)11(18,19)10(16,17)7(12)8(13)14/h3-4,7-9H,2H2,1H3/b4-3+. The van der Waals surface area contributed by atoms with Crippen LogP contribution in [0.4, 0.5) is 35.1 Å². The molecule has 0 aliphatic heterocycles. The first kappa shape index (κ1) is 21.1. The van der Waals surface area contributed by atoms with Crippen molar-refractivity contribution in [2.24, 2.45) is 0 Å². The summed E-state index contributed by atoms with van der Waals surface area (Å²) in [6.07, 6.45) is -13.3. The van der Waals surface area contributed by atoms with Gasteiger partial charge in [0.2, 0.25) is 6.17 Å². The van der Waals surface area contributed by atoms with Gasteiger partial charge in [0.05, 0.1) is 6.61 Å². The molecular weight excluding hydrogens is 348 g/mol. The van der Waals surface area contributed by atoms with Crippen LogP contribution >= 0.6 is 0 Å². The van der Waals surface area contributed by atoms with Gasteiger partial charge in [-0.25, -0.2) is 22.8 Å². The smallest absolute Gasteiger partial charge is 0.378 e. The number of alkyl halides is 8. The third-order valence-electron chi connectivity index (χ3n) is 2.16. The molecule has 0 saturated heterocycles. The molecule has 0 spiro atoms. The van der Waals surface area contributed by atoms with E-state index in [4.69, 9.17) is 0 Å². The Morgan fingerprint density at radius 1 is 0.957 bits per heavy atom. The molecule has 0 aromatic carbocycles. The Labute approximate surface area is 124 Å². The first-order chi connectivity index (χ1) is 10.4. The molecular formula is C11H10F8O4. The van der Waals surface area contributed by atoms with Crippen molar-refractivity contribution < 1.29 is 54.2 Å². The number of hydrogen-bond donors (Lipinski definition) is 0. The monoisotopic (exact) mass is 358 g/mol. The van der Waals surface area contributed by atoms with E-state index in [9.17, 15) is 44.7 Å². The van der Waals surface area contributed by atoms with Gasteiger partial charge >= 0.3 is 30.1 Å². The van der Waals surface area contributed by atoms with Crippen LogP contribution in [0.1, 0.15) is 6.92 Å². The average Bonchev–Trinajstić information content (AvgIpc) is 2.44. The van der Waals surface area contributed by atoms with Crippen molar-refractivity contribution in [3.05, 3.63) is 12.2 Å². The highest BCUT2D eigenvalue weighted by atomic mass is 19.3. The van der Waals surface area contributed by atoms with Crippen molar-refractivity contribution in [1.82, 2.24) is 0 Å². The maximum atomic E-state index is 13.0. The maximum Gasteiger partial charge on any atom is 0.378 e. The van der Waals surface area contributed by atoms with Gasteiger partial charge in [-0.15, -0.1) is 0 Å². The molecule has 0 aliphatic carbocycles. The lowest BCUT2D eigenvalue weighted by Crippen LogP contribution is -2.56. The van der Waals surface area contributed by atoms with Crippen molar-refractivity contribution in [1.29, 1.82) is 0 Å². The molecule has 2 atom stereocenters. The molecule has 4 nitrogen and oxygen atoms in total. The molecule has 0 N–H and O–H groups in total. The van der Waals surface area contributed by atoms with Gasteiger partial charge in [0.25, 0.3) is 6.43 Å². The molecule has 0 aromatic rings. The Bertz CT molecular complexity index is 451. The highest BCUT2D eigenvalue weighted by Crippen LogP contribution is 2.44. The van der Waals surface area contributed by atoms with Gasteiger partial charge in [0.15, 0.2) is 0 Å². The van der Waals surface area contributed by atoms with Gasteiger partial charge in [0.1, 0.15) is 0 Å². The maximum absolute atomic E-state index is 13.0. The second-order valence-corrected chi connectivity index (χ2v) is 3.82. The van der Waals surface area contributed by atoms with Crippen LogP contribution in [0.5, 0.6) is 0 Å². The van der Waals surface area contributed by atoms with Gasteiger partial charge < -0.3 is 9.47 Å². The van der Waals surface area contributed by atoms with E-state index in [1.807, 2.05) is 0 Å². The summed E-state index contributed by atoms with van der Waals surface area (Å²) < 4.78 is 108. The number of esters is 2. The van der Waals surface area contributed by atoms with Gasteiger partial charge in [-0.2, -0.15) is 22.0 Å². The van der Waals surface area contributed by atoms with E-state index in [1.165, 1.54) is 6.92 Å². The van der Waals surface area contributed by atoms with Gasteiger partial charge in [0, 0.05) is 12.2 Å². The summed E-state index contributed by atoms with van der Waals surface area (Å²) in [5, 5.41) is 0. The normalized spacial score (nSPS) is 15.6. The number of halogens is 8. The van der Waals surface area contributed by atoms with E-state index in [2.05, 4.69) is 9.47 Å². The SMILES string of the molecule is CCOC(=O)/C=C/C(=O)OC(F)C(F)(F)C(F)(F)C(F)C(F)F. The van der Waals surface area contributed by atoms with Crippen LogP contribution in [0.2, 0.25) is 0 Å². The lowest BCUT2D eigenvalue weighted by atomic mass is 10.1. The topological polar surface area (TPSA) is 52.6 Å². The van der Waals surface area contributed by atoms with Crippen molar-refractivity contribution in [2.45, 2.75) is 37.7 Å². The molecule has 0 aliphatic rings. The molecule has 23 heavy (non-hydrogen) atoms. The number of rotatable bonds is 8. The number of ether oxygens (including phenoxy) is 2. The average molecular weight is 358 g/mol. The minimum Gasteiger partial charge on any atom is -0.463 e. The van der Waals surface area contributed by atoms with Crippen LogP contribution in [0.25, 0.3) is 0 Å². The van der Waals surface area contributed by atoms with E-state index in [0.29, 0.717) is 6.08 Å². The van der Waals surface area contributed by atoms with Crippen molar-refractivity contribution in [3.8, 4) is 0 Å². The van der Waals surface area contributed by atoms with E-state index in [1.54, 1.807) is 0 Å². The second-order valence-electron chi connectivity index (χ2n) is 3.82. The Hall–Kier alpha value is -1.88. The molecule has 134 valence electrons. The second kappa shape index (κ2) is 8.11. The zero-order chi connectivity index (χ0) is 18.4. The molecule has 0 aromatic heterocycles. The first-order valence-corrected chi connectivity index (χ1v) is 5.75. The summed E-state index contributed by atoms with van der Waals surface area (Å²) in [4.78, 5) is 21.6. The summed E-state index contributed by atoms with van der Waals surface area (Å²) in [7, 11) is 0. The minimum absolute atomic E-state index is 0.0683. The van der Waals surface area contributed by atoms with E-state index in [-0.39, 0.29) is 12.7 Å². The predicted molar refractivity (Wildman–Crippen MR) is 57.6 cm³/mol. The van der Waals surface area contributed by atoms with E-state index in [0.717, 1.165) is 0 Å². The third kappa shape index (κ3) is 5.36. The molecule has 0 amide bonds. The Balaban J connectivity index is 4.97. The van der Waals surface area contributed by atoms with Crippen LogP contribution in [0, 0.1) is 0 Å². The Morgan fingerprint density at radius 2 is 1.43 bits per heavy atom. The van der Waals surface area contributed by atoms with E-state index < -0.39 is 42.7 Å². The van der Waals surface area contributed by atoms with Gasteiger partial charge in [-0.1, -0.05) is 0 Å². The van der Waals surface area contributed by atoms with Crippen molar-refractivity contribution in [3.63, 3.8) is 0 Å². The summed E-state index contributed by atoms with van der Waals surface area (Å²) in [5.41, 5.74) is 0. The summed E-state index contributed by atoms with van der Waals surface area (Å²) in [6, 6.07) is 0. The molecule has 0 fully saturated rings. The lowest BCUT2D eigenvalue weighted by Gasteiger charge is -2.30. The summed E-state index contributed by atoms with van der Waals surface area (Å²) in [5.74, 6) is -15.4. The predicted octanol–water partition coefficient (Wildman–Crippen LogP) is 2.82. The van der Waals surface area contributed by atoms with Crippen LogP contribution in [-0.4, -0.2) is 49.3 Å². The van der Waals surface area contributed by atoms with Gasteiger partial charge in [-0.05, 0) is 6.92 Å². The van der Waals surface area contributed by atoms with Crippen LogP contribution < -0.4 is 0 Å². The molecule has 0 saturated carbocycles. The zero-order valence-electron chi connectivity index (χ0n) is 11.3. The largest absolute Gasteiger partial charge is 0.463 e. The van der Waals surface area contributed by atoms with E-state index >= 15 is 0 Å². The number of hydrogen-bond acceptors (Lipinski definition) is 4. The lowest BCUT2D eigenvalue weighted by molar-refractivity contribution is -0.312. The number of carbonyl (C=O) groups is 2. The zero-order valence-corrected chi connectivity index (χ0v) is 11.3. The fraction of sp³-hybridized carbons (Fsp3) is 0.636. The first-order valence-electron chi connectivity index (χ1n) is 5.75.